The molecule has 0 heterocycles. The Labute approximate surface area is 116 Å². The maximum absolute atomic E-state index is 12.4. The number of hydrogen-bond acceptors (Lipinski definition) is 1. The fraction of sp³-hybridized carbons (Fsp3) is 0.500. The second-order valence-electron chi connectivity index (χ2n) is 4.72. The molecule has 1 saturated carbocycles. The molecular weight excluding hydrogens is 272 g/mol. The van der Waals surface area contributed by atoms with E-state index in [9.17, 15) is 13.6 Å². The highest BCUT2D eigenvalue weighted by molar-refractivity contribution is 6.18. The number of carbonyl (C=O) groups is 1. The molecule has 2 unspecified atom stereocenters. The molecule has 1 amide bonds. The minimum atomic E-state index is -2.51. The van der Waals surface area contributed by atoms with Gasteiger partial charge in [0.2, 0.25) is 5.91 Å². The number of halogens is 3. The van der Waals surface area contributed by atoms with Gasteiger partial charge in [0, 0.05) is 18.3 Å². The summed E-state index contributed by atoms with van der Waals surface area (Å²) in [4.78, 5) is 13.3. The van der Waals surface area contributed by atoms with Gasteiger partial charge in [0.25, 0.3) is 6.43 Å². The second-order valence-corrected chi connectivity index (χ2v) is 5.10. The highest BCUT2D eigenvalue weighted by Crippen LogP contribution is 2.48. The first-order valence-corrected chi connectivity index (χ1v) is 6.84. The van der Waals surface area contributed by atoms with Crippen molar-refractivity contribution in [2.45, 2.75) is 18.8 Å². The van der Waals surface area contributed by atoms with E-state index < -0.39 is 13.0 Å². The molecule has 0 radical (unpaired) electrons. The lowest BCUT2D eigenvalue weighted by molar-refractivity contribution is -0.134. The topological polar surface area (TPSA) is 20.3 Å². The van der Waals surface area contributed by atoms with Crippen LogP contribution in [0.25, 0.3) is 0 Å². The Hall–Kier alpha value is -1.16. The van der Waals surface area contributed by atoms with Gasteiger partial charge in [-0.2, -0.15) is 0 Å². The third kappa shape index (κ3) is 3.66. The van der Waals surface area contributed by atoms with Gasteiger partial charge in [-0.15, -0.1) is 11.6 Å². The minimum Gasteiger partial charge on any atom is -0.336 e. The zero-order valence-corrected chi connectivity index (χ0v) is 11.2. The summed E-state index contributed by atoms with van der Waals surface area (Å²) in [6.45, 7) is -0.341. The SMILES string of the molecule is O=C(C1CC1c1ccccc1)N(CCCl)CC(F)F. The highest BCUT2D eigenvalue weighted by atomic mass is 35.5. The lowest BCUT2D eigenvalue weighted by atomic mass is 10.1. The van der Waals surface area contributed by atoms with Crippen molar-refractivity contribution in [3.8, 4) is 0 Å². The van der Waals surface area contributed by atoms with Crippen molar-refractivity contribution >= 4 is 17.5 Å². The van der Waals surface area contributed by atoms with E-state index in [1.54, 1.807) is 0 Å². The van der Waals surface area contributed by atoms with Crippen LogP contribution in [0.5, 0.6) is 0 Å². The standard InChI is InChI=1S/C14H16ClF2NO/c15-6-7-18(9-13(16)17)14(19)12-8-11(12)10-4-2-1-3-5-10/h1-5,11-13H,6-9H2. The largest absolute Gasteiger partial charge is 0.336 e. The summed E-state index contributed by atoms with van der Waals surface area (Å²) in [6.07, 6.45) is -1.77. The first kappa shape index (κ1) is 14.3. The molecule has 1 fully saturated rings. The molecule has 2 rings (SSSR count). The average Bonchev–Trinajstić information content (AvgIpc) is 3.18. The Morgan fingerprint density at radius 2 is 2.05 bits per heavy atom. The number of hydrogen-bond donors (Lipinski definition) is 0. The molecule has 0 saturated heterocycles. The first-order chi connectivity index (χ1) is 9.13. The molecule has 2 atom stereocenters. The van der Waals surface area contributed by atoms with Crippen molar-refractivity contribution in [2.24, 2.45) is 5.92 Å². The molecule has 0 N–H and O–H groups in total. The van der Waals surface area contributed by atoms with Crippen LogP contribution in [0.15, 0.2) is 30.3 Å². The molecule has 5 heteroatoms. The summed E-state index contributed by atoms with van der Waals surface area (Å²) in [7, 11) is 0. The Kier molecular flexibility index (Phi) is 4.75. The monoisotopic (exact) mass is 287 g/mol. The van der Waals surface area contributed by atoms with Crippen molar-refractivity contribution < 1.29 is 13.6 Å². The number of carbonyl (C=O) groups excluding carboxylic acids is 1. The molecule has 104 valence electrons. The van der Waals surface area contributed by atoms with E-state index in [1.165, 1.54) is 4.90 Å². The number of benzene rings is 1. The smallest absolute Gasteiger partial charge is 0.255 e. The molecule has 1 aliphatic carbocycles. The Morgan fingerprint density at radius 3 is 2.63 bits per heavy atom. The zero-order valence-electron chi connectivity index (χ0n) is 10.4. The van der Waals surface area contributed by atoms with Crippen molar-refractivity contribution in [2.75, 3.05) is 19.0 Å². The van der Waals surface area contributed by atoms with Crippen molar-refractivity contribution in [1.82, 2.24) is 4.90 Å². The molecule has 0 bridgehead atoms. The Balaban J connectivity index is 1.97. The molecule has 0 spiro atoms. The van der Waals surface area contributed by atoms with E-state index in [2.05, 4.69) is 0 Å². The van der Waals surface area contributed by atoms with Gasteiger partial charge in [-0.1, -0.05) is 30.3 Å². The maximum Gasteiger partial charge on any atom is 0.255 e. The fourth-order valence-electron chi connectivity index (χ4n) is 2.33. The van der Waals surface area contributed by atoms with Gasteiger partial charge < -0.3 is 4.90 Å². The third-order valence-corrected chi connectivity index (χ3v) is 3.53. The maximum atomic E-state index is 12.4. The molecular formula is C14H16ClF2NO. The van der Waals surface area contributed by atoms with Crippen LogP contribution < -0.4 is 0 Å². The lowest BCUT2D eigenvalue weighted by Crippen LogP contribution is -2.37. The van der Waals surface area contributed by atoms with Crippen LogP contribution in [-0.4, -0.2) is 36.2 Å². The zero-order chi connectivity index (χ0) is 13.8. The Bertz CT molecular complexity index is 427. The summed E-state index contributed by atoms with van der Waals surface area (Å²) in [5.74, 6) is -0.00960. The van der Waals surface area contributed by atoms with Crippen molar-refractivity contribution in [1.29, 1.82) is 0 Å². The molecule has 1 aliphatic rings. The number of alkyl halides is 3. The predicted octanol–water partition coefficient (Wildman–Crippen LogP) is 3.12. The molecule has 19 heavy (non-hydrogen) atoms. The van der Waals surface area contributed by atoms with Crippen molar-refractivity contribution in [3.05, 3.63) is 35.9 Å². The van der Waals surface area contributed by atoms with E-state index >= 15 is 0 Å². The molecule has 2 nitrogen and oxygen atoms in total. The van der Waals surface area contributed by atoms with E-state index in [1.807, 2.05) is 30.3 Å². The fourth-order valence-corrected chi connectivity index (χ4v) is 2.54. The highest BCUT2D eigenvalue weighted by Gasteiger charge is 2.45. The van der Waals surface area contributed by atoms with E-state index in [4.69, 9.17) is 11.6 Å². The minimum absolute atomic E-state index is 0.163. The van der Waals surface area contributed by atoms with Crippen LogP contribution in [0.4, 0.5) is 8.78 Å². The van der Waals surface area contributed by atoms with Crippen LogP contribution in [0.1, 0.15) is 17.9 Å². The van der Waals surface area contributed by atoms with Gasteiger partial charge in [0.05, 0.1) is 6.54 Å². The van der Waals surface area contributed by atoms with Gasteiger partial charge in [-0.3, -0.25) is 4.79 Å². The molecule has 1 aromatic carbocycles. The van der Waals surface area contributed by atoms with Crippen LogP contribution >= 0.6 is 11.6 Å². The van der Waals surface area contributed by atoms with Gasteiger partial charge in [0.15, 0.2) is 0 Å². The second kappa shape index (κ2) is 6.33. The van der Waals surface area contributed by atoms with E-state index in [0.717, 1.165) is 12.0 Å². The lowest BCUT2D eigenvalue weighted by Gasteiger charge is -2.21. The summed E-state index contributed by atoms with van der Waals surface area (Å²) >= 11 is 5.56. The average molecular weight is 288 g/mol. The first-order valence-electron chi connectivity index (χ1n) is 6.31. The normalized spacial score (nSPS) is 21.5. The number of amides is 1. The third-order valence-electron chi connectivity index (χ3n) is 3.36. The van der Waals surface area contributed by atoms with Crippen LogP contribution in [0.2, 0.25) is 0 Å². The van der Waals surface area contributed by atoms with Crippen molar-refractivity contribution in [3.63, 3.8) is 0 Å². The summed E-state index contributed by atoms with van der Waals surface area (Å²) in [5, 5.41) is 0. The number of rotatable bonds is 6. The van der Waals surface area contributed by atoms with Gasteiger partial charge in [-0.05, 0) is 17.9 Å². The molecule has 0 aliphatic heterocycles. The van der Waals surface area contributed by atoms with E-state index in [-0.39, 0.29) is 30.2 Å². The van der Waals surface area contributed by atoms with Crippen LogP contribution in [0, 0.1) is 5.92 Å². The Morgan fingerprint density at radius 1 is 1.37 bits per heavy atom. The molecule has 0 aromatic heterocycles. The van der Waals surface area contributed by atoms with E-state index in [0.29, 0.717) is 0 Å². The summed E-state index contributed by atoms with van der Waals surface area (Å²) in [6, 6.07) is 9.70. The van der Waals surface area contributed by atoms with Crippen LogP contribution in [-0.2, 0) is 4.79 Å². The summed E-state index contributed by atoms with van der Waals surface area (Å²) < 4.78 is 24.9. The van der Waals surface area contributed by atoms with Gasteiger partial charge in [-0.25, -0.2) is 8.78 Å². The van der Waals surface area contributed by atoms with Gasteiger partial charge in [0.1, 0.15) is 0 Å². The molecule has 1 aromatic rings. The number of nitrogens with zero attached hydrogens (tertiary/aromatic N) is 1. The predicted molar refractivity (Wildman–Crippen MR) is 70.6 cm³/mol. The quantitative estimate of drug-likeness (QED) is 0.736. The van der Waals surface area contributed by atoms with Crippen LogP contribution in [0.3, 0.4) is 0 Å². The van der Waals surface area contributed by atoms with Gasteiger partial charge >= 0.3 is 0 Å². The summed E-state index contributed by atoms with van der Waals surface area (Å²) in [5.41, 5.74) is 1.10.